The summed E-state index contributed by atoms with van der Waals surface area (Å²) in [5.74, 6) is -0.376. The Morgan fingerprint density at radius 2 is 2.00 bits per heavy atom. The normalized spacial score (nSPS) is 10.2. The van der Waals surface area contributed by atoms with E-state index in [4.69, 9.17) is 4.74 Å². The molecule has 2 rings (SSSR count). The molecule has 0 aliphatic rings. The predicted octanol–water partition coefficient (Wildman–Crippen LogP) is 2.26. The number of hydrogen-bond acceptors (Lipinski definition) is 4. The van der Waals surface area contributed by atoms with Crippen LogP contribution in [0.1, 0.15) is 22.8 Å². The van der Waals surface area contributed by atoms with Crippen LogP contribution in [0.25, 0.3) is 0 Å². The van der Waals surface area contributed by atoms with Crippen LogP contribution in [-0.2, 0) is 18.3 Å². The van der Waals surface area contributed by atoms with Crippen molar-refractivity contribution in [2.45, 2.75) is 13.5 Å². The number of aryl methyl sites for hydroxylation is 1. The van der Waals surface area contributed by atoms with Crippen molar-refractivity contribution >= 4 is 17.7 Å². The molecule has 23 heavy (non-hydrogen) atoms. The second-order valence-electron chi connectivity index (χ2n) is 5.11. The van der Waals surface area contributed by atoms with Crippen molar-refractivity contribution in [2.75, 3.05) is 19.0 Å². The molecule has 1 aromatic carbocycles. The maximum Gasteiger partial charge on any atom is 0.338 e. The van der Waals surface area contributed by atoms with E-state index >= 15 is 0 Å². The molecule has 0 bridgehead atoms. The quantitative estimate of drug-likeness (QED) is 0.858. The number of hydrogen-bond donors (Lipinski definition) is 1. The fourth-order valence-corrected chi connectivity index (χ4v) is 2.02. The summed E-state index contributed by atoms with van der Waals surface area (Å²) < 4.78 is 6.60. The van der Waals surface area contributed by atoms with Crippen LogP contribution >= 0.6 is 0 Å². The molecule has 2 aromatic rings. The largest absolute Gasteiger partial charge is 0.462 e. The van der Waals surface area contributed by atoms with Crippen molar-refractivity contribution in [2.24, 2.45) is 7.05 Å². The van der Waals surface area contributed by atoms with Crippen LogP contribution < -0.4 is 5.32 Å². The van der Waals surface area contributed by atoms with Gasteiger partial charge in [-0.1, -0.05) is 0 Å². The van der Waals surface area contributed by atoms with E-state index in [9.17, 15) is 9.59 Å². The van der Waals surface area contributed by atoms with Crippen molar-refractivity contribution in [3.05, 3.63) is 47.8 Å². The van der Waals surface area contributed by atoms with E-state index in [0.29, 0.717) is 24.4 Å². The van der Waals surface area contributed by atoms with Crippen molar-refractivity contribution < 1.29 is 14.3 Å². The number of amides is 2. The Balaban J connectivity index is 1.92. The minimum atomic E-state index is -0.376. The van der Waals surface area contributed by atoms with Crippen LogP contribution in [0.2, 0.25) is 0 Å². The van der Waals surface area contributed by atoms with Gasteiger partial charge in [0, 0.05) is 31.5 Å². The fourth-order valence-electron chi connectivity index (χ4n) is 2.02. The molecule has 0 aliphatic carbocycles. The number of anilines is 1. The number of esters is 1. The number of carbonyl (C=O) groups excluding carboxylic acids is 2. The van der Waals surface area contributed by atoms with Gasteiger partial charge in [0.25, 0.3) is 0 Å². The van der Waals surface area contributed by atoms with Gasteiger partial charge in [0.1, 0.15) is 0 Å². The lowest BCUT2D eigenvalue weighted by molar-refractivity contribution is 0.0526. The van der Waals surface area contributed by atoms with E-state index in [1.165, 1.54) is 0 Å². The first kappa shape index (κ1) is 16.5. The monoisotopic (exact) mass is 316 g/mol. The van der Waals surface area contributed by atoms with E-state index in [1.54, 1.807) is 54.0 Å². The summed E-state index contributed by atoms with van der Waals surface area (Å²) in [6.07, 6.45) is 3.58. The number of nitrogens with one attached hydrogen (secondary N) is 1. The molecule has 0 spiro atoms. The van der Waals surface area contributed by atoms with Crippen LogP contribution in [0, 0.1) is 0 Å². The average Bonchev–Trinajstić information content (AvgIpc) is 2.93. The highest BCUT2D eigenvalue weighted by Crippen LogP contribution is 2.12. The molecule has 0 aliphatic heterocycles. The SMILES string of the molecule is CCOC(=O)c1ccc(NC(=O)N(C)Cc2cnn(C)c2)cc1. The van der Waals surface area contributed by atoms with Gasteiger partial charge in [-0.2, -0.15) is 5.10 Å². The van der Waals surface area contributed by atoms with Gasteiger partial charge in [0.15, 0.2) is 0 Å². The lowest BCUT2D eigenvalue weighted by atomic mass is 10.2. The van der Waals surface area contributed by atoms with Crippen molar-refractivity contribution in [1.29, 1.82) is 0 Å². The van der Waals surface area contributed by atoms with Gasteiger partial charge in [0.05, 0.1) is 24.9 Å². The zero-order valence-corrected chi connectivity index (χ0v) is 13.4. The lowest BCUT2D eigenvalue weighted by Gasteiger charge is -2.17. The van der Waals surface area contributed by atoms with Gasteiger partial charge in [-0.05, 0) is 31.2 Å². The summed E-state index contributed by atoms with van der Waals surface area (Å²) >= 11 is 0. The van der Waals surface area contributed by atoms with Gasteiger partial charge < -0.3 is 15.0 Å². The molecule has 1 aromatic heterocycles. The molecule has 1 N–H and O–H groups in total. The van der Waals surface area contributed by atoms with Crippen molar-refractivity contribution in [3.63, 3.8) is 0 Å². The molecule has 2 amide bonds. The molecule has 0 unspecified atom stereocenters. The van der Waals surface area contributed by atoms with Crippen LogP contribution in [-0.4, -0.2) is 40.3 Å². The highest BCUT2D eigenvalue weighted by molar-refractivity contribution is 5.92. The second-order valence-corrected chi connectivity index (χ2v) is 5.11. The molecule has 0 atom stereocenters. The summed E-state index contributed by atoms with van der Waals surface area (Å²) in [6.45, 7) is 2.54. The van der Waals surface area contributed by atoms with E-state index in [2.05, 4.69) is 10.4 Å². The number of carbonyl (C=O) groups is 2. The van der Waals surface area contributed by atoms with Crippen LogP contribution in [0.15, 0.2) is 36.7 Å². The number of ether oxygens (including phenoxy) is 1. The number of aromatic nitrogens is 2. The Hall–Kier alpha value is -2.83. The summed E-state index contributed by atoms with van der Waals surface area (Å²) in [7, 11) is 3.53. The Bertz CT molecular complexity index is 679. The number of benzene rings is 1. The first-order valence-electron chi connectivity index (χ1n) is 7.26. The molecule has 0 saturated heterocycles. The lowest BCUT2D eigenvalue weighted by Crippen LogP contribution is -2.30. The van der Waals surface area contributed by atoms with E-state index in [-0.39, 0.29) is 12.0 Å². The maximum atomic E-state index is 12.1. The fraction of sp³-hybridized carbons (Fsp3) is 0.312. The highest BCUT2D eigenvalue weighted by Gasteiger charge is 2.11. The van der Waals surface area contributed by atoms with Gasteiger partial charge >= 0.3 is 12.0 Å². The first-order chi connectivity index (χ1) is 11.0. The molecule has 1 heterocycles. The molecule has 122 valence electrons. The van der Waals surface area contributed by atoms with Crippen LogP contribution in [0.3, 0.4) is 0 Å². The molecule has 0 saturated carbocycles. The standard InChI is InChI=1S/C16H20N4O3/c1-4-23-15(21)13-5-7-14(8-6-13)18-16(22)19(2)10-12-9-17-20(3)11-12/h5-9,11H,4,10H2,1-3H3,(H,18,22). The Morgan fingerprint density at radius 1 is 1.30 bits per heavy atom. The minimum absolute atomic E-state index is 0.238. The summed E-state index contributed by atoms with van der Waals surface area (Å²) in [5.41, 5.74) is 2.01. The molecule has 0 fully saturated rings. The predicted molar refractivity (Wildman–Crippen MR) is 86.1 cm³/mol. The van der Waals surface area contributed by atoms with Crippen molar-refractivity contribution in [1.82, 2.24) is 14.7 Å². The maximum absolute atomic E-state index is 12.1. The topological polar surface area (TPSA) is 76.5 Å². The Labute approximate surface area is 134 Å². The molecular formula is C16H20N4O3. The number of rotatable bonds is 5. The smallest absolute Gasteiger partial charge is 0.338 e. The second kappa shape index (κ2) is 7.44. The van der Waals surface area contributed by atoms with E-state index < -0.39 is 0 Å². The summed E-state index contributed by atoms with van der Waals surface area (Å²) in [4.78, 5) is 25.3. The summed E-state index contributed by atoms with van der Waals surface area (Å²) in [5, 5.41) is 6.84. The van der Waals surface area contributed by atoms with Crippen LogP contribution in [0.4, 0.5) is 10.5 Å². The third kappa shape index (κ3) is 4.57. The zero-order chi connectivity index (χ0) is 16.8. The Morgan fingerprint density at radius 3 is 2.57 bits per heavy atom. The van der Waals surface area contributed by atoms with Gasteiger partial charge in [0.2, 0.25) is 0 Å². The Kier molecular flexibility index (Phi) is 5.35. The third-order valence-electron chi connectivity index (χ3n) is 3.17. The first-order valence-corrected chi connectivity index (χ1v) is 7.26. The molecule has 7 nitrogen and oxygen atoms in total. The van der Waals surface area contributed by atoms with Crippen LogP contribution in [0.5, 0.6) is 0 Å². The van der Waals surface area contributed by atoms with Gasteiger partial charge in [-0.3, -0.25) is 4.68 Å². The molecule has 0 radical (unpaired) electrons. The molecule has 7 heteroatoms. The molecular weight excluding hydrogens is 296 g/mol. The van der Waals surface area contributed by atoms with E-state index in [0.717, 1.165) is 5.56 Å². The highest BCUT2D eigenvalue weighted by atomic mass is 16.5. The minimum Gasteiger partial charge on any atom is -0.462 e. The van der Waals surface area contributed by atoms with Gasteiger partial charge in [-0.15, -0.1) is 0 Å². The third-order valence-corrected chi connectivity index (χ3v) is 3.17. The van der Waals surface area contributed by atoms with Gasteiger partial charge in [-0.25, -0.2) is 9.59 Å². The summed E-state index contributed by atoms with van der Waals surface area (Å²) in [6, 6.07) is 6.34. The average molecular weight is 316 g/mol. The van der Waals surface area contributed by atoms with E-state index in [1.807, 2.05) is 13.2 Å². The number of urea groups is 1. The number of nitrogens with zero attached hydrogens (tertiary/aromatic N) is 3. The zero-order valence-electron chi connectivity index (χ0n) is 13.4. The van der Waals surface area contributed by atoms with Crippen molar-refractivity contribution in [3.8, 4) is 0 Å².